The van der Waals surface area contributed by atoms with E-state index in [-0.39, 0.29) is 5.82 Å². The van der Waals surface area contributed by atoms with Crippen molar-refractivity contribution in [3.8, 4) is 0 Å². The summed E-state index contributed by atoms with van der Waals surface area (Å²) in [6, 6.07) is 6.60. The SMILES string of the molecule is CCN1CCN(C(=O)CCC2CCN(C/C=C/c3ccc(F)cc3)CC2)CC1. The summed E-state index contributed by atoms with van der Waals surface area (Å²) >= 11 is 0. The Labute approximate surface area is 169 Å². The molecule has 0 spiro atoms. The zero-order valence-electron chi connectivity index (χ0n) is 17.2. The molecule has 0 saturated carbocycles. The summed E-state index contributed by atoms with van der Waals surface area (Å²) in [5.74, 6) is 0.833. The number of piperidine rings is 1. The maximum absolute atomic E-state index is 12.9. The second kappa shape index (κ2) is 10.7. The van der Waals surface area contributed by atoms with E-state index in [0.29, 0.717) is 18.2 Å². The van der Waals surface area contributed by atoms with Crippen LogP contribution in [0.1, 0.15) is 38.2 Å². The number of nitrogens with zero attached hydrogens (tertiary/aromatic N) is 3. The van der Waals surface area contributed by atoms with Gasteiger partial charge in [-0.15, -0.1) is 0 Å². The third-order valence-corrected chi connectivity index (χ3v) is 6.19. The van der Waals surface area contributed by atoms with Crippen molar-refractivity contribution in [3.63, 3.8) is 0 Å². The van der Waals surface area contributed by atoms with Gasteiger partial charge in [0.15, 0.2) is 0 Å². The maximum atomic E-state index is 12.9. The van der Waals surface area contributed by atoms with E-state index in [1.165, 1.54) is 25.0 Å². The first-order chi connectivity index (χ1) is 13.6. The molecule has 3 rings (SSSR count). The van der Waals surface area contributed by atoms with Gasteiger partial charge in [0.05, 0.1) is 0 Å². The molecule has 0 radical (unpaired) electrons. The first-order valence-corrected chi connectivity index (χ1v) is 10.8. The molecule has 0 bridgehead atoms. The Morgan fingerprint density at radius 2 is 1.71 bits per heavy atom. The van der Waals surface area contributed by atoms with Gasteiger partial charge in [-0.2, -0.15) is 0 Å². The number of halogens is 1. The largest absolute Gasteiger partial charge is 0.340 e. The van der Waals surface area contributed by atoms with E-state index in [9.17, 15) is 9.18 Å². The third kappa shape index (κ3) is 6.42. The average molecular weight is 388 g/mol. The van der Waals surface area contributed by atoms with Crippen molar-refractivity contribution in [2.75, 3.05) is 52.4 Å². The average Bonchev–Trinajstić information content (AvgIpc) is 2.74. The molecule has 28 heavy (non-hydrogen) atoms. The highest BCUT2D eigenvalue weighted by molar-refractivity contribution is 5.76. The molecule has 1 aromatic rings. The van der Waals surface area contributed by atoms with Crippen molar-refractivity contribution in [2.24, 2.45) is 5.92 Å². The van der Waals surface area contributed by atoms with Crippen LogP contribution in [0.3, 0.4) is 0 Å². The Hall–Kier alpha value is -1.72. The molecule has 1 amide bonds. The molecule has 1 aromatic carbocycles. The summed E-state index contributed by atoms with van der Waals surface area (Å²) < 4.78 is 12.9. The van der Waals surface area contributed by atoms with E-state index in [1.807, 2.05) is 0 Å². The molecule has 0 aliphatic carbocycles. The lowest BCUT2D eigenvalue weighted by atomic mass is 9.92. The fraction of sp³-hybridized carbons (Fsp3) is 0.609. The van der Waals surface area contributed by atoms with Crippen molar-refractivity contribution < 1.29 is 9.18 Å². The number of benzene rings is 1. The lowest BCUT2D eigenvalue weighted by Crippen LogP contribution is -2.48. The lowest BCUT2D eigenvalue weighted by molar-refractivity contribution is -0.133. The molecule has 2 fully saturated rings. The summed E-state index contributed by atoms with van der Waals surface area (Å²) in [5.41, 5.74) is 1.04. The molecule has 2 aliphatic heterocycles. The predicted octanol–water partition coefficient (Wildman–Crippen LogP) is 3.50. The van der Waals surface area contributed by atoms with E-state index >= 15 is 0 Å². The van der Waals surface area contributed by atoms with Gasteiger partial charge < -0.3 is 9.80 Å². The highest BCUT2D eigenvalue weighted by atomic mass is 19.1. The van der Waals surface area contributed by atoms with Crippen molar-refractivity contribution in [1.29, 1.82) is 0 Å². The molecular formula is C23H34FN3O. The number of piperazine rings is 1. The number of carbonyl (C=O) groups is 1. The smallest absolute Gasteiger partial charge is 0.222 e. The number of carbonyl (C=O) groups excluding carboxylic acids is 1. The summed E-state index contributed by atoms with van der Waals surface area (Å²) in [6.45, 7) is 10.2. The van der Waals surface area contributed by atoms with Crippen LogP contribution in [0.4, 0.5) is 4.39 Å². The van der Waals surface area contributed by atoms with Gasteiger partial charge in [0.2, 0.25) is 5.91 Å². The highest BCUT2D eigenvalue weighted by Crippen LogP contribution is 2.22. The molecular weight excluding hydrogens is 353 g/mol. The van der Waals surface area contributed by atoms with Crippen molar-refractivity contribution in [2.45, 2.75) is 32.6 Å². The molecule has 2 saturated heterocycles. The minimum Gasteiger partial charge on any atom is -0.340 e. The van der Waals surface area contributed by atoms with Crippen molar-refractivity contribution in [3.05, 3.63) is 41.7 Å². The van der Waals surface area contributed by atoms with E-state index in [0.717, 1.165) is 64.3 Å². The summed E-state index contributed by atoms with van der Waals surface area (Å²) in [4.78, 5) is 19.4. The van der Waals surface area contributed by atoms with Crippen LogP contribution in [0.2, 0.25) is 0 Å². The Morgan fingerprint density at radius 1 is 1.04 bits per heavy atom. The summed E-state index contributed by atoms with van der Waals surface area (Å²) in [7, 11) is 0. The van der Waals surface area contributed by atoms with Gasteiger partial charge in [0, 0.05) is 39.1 Å². The van der Waals surface area contributed by atoms with Crippen LogP contribution in [0.5, 0.6) is 0 Å². The van der Waals surface area contributed by atoms with Gasteiger partial charge in [0.25, 0.3) is 0 Å². The Kier molecular flexibility index (Phi) is 8.04. The third-order valence-electron chi connectivity index (χ3n) is 6.19. The molecule has 2 heterocycles. The first-order valence-electron chi connectivity index (χ1n) is 10.8. The number of rotatable bonds is 7. The zero-order chi connectivity index (χ0) is 19.8. The van der Waals surface area contributed by atoms with E-state index in [4.69, 9.17) is 0 Å². The van der Waals surface area contributed by atoms with E-state index in [1.54, 1.807) is 12.1 Å². The van der Waals surface area contributed by atoms with Crippen LogP contribution in [-0.4, -0.2) is 73.0 Å². The van der Waals surface area contributed by atoms with Crippen molar-refractivity contribution in [1.82, 2.24) is 14.7 Å². The van der Waals surface area contributed by atoms with Crippen molar-refractivity contribution >= 4 is 12.0 Å². The number of amides is 1. The van der Waals surface area contributed by atoms with E-state index < -0.39 is 0 Å². The van der Waals surface area contributed by atoms with Crippen LogP contribution in [0, 0.1) is 11.7 Å². The molecule has 4 nitrogen and oxygen atoms in total. The molecule has 2 aliphatic rings. The van der Waals surface area contributed by atoms with Crippen LogP contribution in [0.25, 0.3) is 6.08 Å². The Balaban J connectivity index is 1.31. The van der Waals surface area contributed by atoms with Gasteiger partial charge in [-0.1, -0.05) is 31.2 Å². The molecule has 154 valence electrons. The monoisotopic (exact) mass is 387 g/mol. The summed E-state index contributed by atoms with van der Waals surface area (Å²) in [5, 5.41) is 0. The Bertz CT molecular complexity index is 630. The second-order valence-corrected chi connectivity index (χ2v) is 8.05. The summed E-state index contributed by atoms with van der Waals surface area (Å²) in [6.07, 6.45) is 8.32. The topological polar surface area (TPSA) is 26.8 Å². The van der Waals surface area contributed by atoms with E-state index in [2.05, 4.69) is 33.8 Å². The quantitative estimate of drug-likeness (QED) is 0.717. The minimum atomic E-state index is -0.194. The highest BCUT2D eigenvalue weighted by Gasteiger charge is 2.23. The molecule has 0 N–H and O–H groups in total. The van der Waals surface area contributed by atoms with Gasteiger partial charge in [0.1, 0.15) is 5.82 Å². The normalized spacial score (nSPS) is 20.1. The standard InChI is InChI=1S/C23H34FN3O/c1-2-25-16-18-27(19-17-25)23(28)10-7-21-11-14-26(15-12-21)13-3-4-20-5-8-22(24)9-6-20/h3-6,8-9,21H,2,7,10-19H2,1H3/b4-3+. The van der Waals surface area contributed by atoms with Crippen LogP contribution in [-0.2, 0) is 4.79 Å². The fourth-order valence-corrected chi connectivity index (χ4v) is 4.17. The second-order valence-electron chi connectivity index (χ2n) is 8.05. The minimum absolute atomic E-state index is 0.194. The van der Waals surface area contributed by atoms with Crippen LogP contribution >= 0.6 is 0 Å². The number of likely N-dealkylation sites (N-methyl/N-ethyl adjacent to an activating group) is 1. The number of likely N-dealkylation sites (tertiary alicyclic amines) is 1. The molecule has 0 unspecified atom stereocenters. The maximum Gasteiger partial charge on any atom is 0.222 e. The first kappa shape index (κ1) is 21.0. The number of hydrogen-bond donors (Lipinski definition) is 0. The lowest BCUT2D eigenvalue weighted by Gasteiger charge is -2.35. The predicted molar refractivity (Wildman–Crippen MR) is 113 cm³/mol. The van der Waals surface area contributed by atoms with Gasteiger partial charge in [-0.05, 0) is 62.5 Å². The Morgan fingerprint density at radius 3 is 2.36 bits per heavy atom. The fourth-order valence-electron chi connectivity index (χ4n) is 4.17. The number of hydrogen-bond acceptors (Lipinski definition) is 3. The molecule has 5 heteroatoms. The van der Waals surface area contributed by atoms with Gasteiger partial charge in [-0.3, -0.25) is 9.69 Å². The molecule has 0 atom stereocenters. The molecule has 0 aromatic heterocycles. The van der Waals surface area contributed by atoms with Gasteiger partial charge in [-0.25, -0.2) is 4.39 Å². The van der Waals surface area contributed by atoms with Crippen LogP contribution < -0.4 is 0 Å². The van der Waals surface area contributed by atoms with Gasteiger partial charge >= 0.3 is 0 Å². The van der Waals surface area contributed by atoms with Crippen LogP contribution in [0.15, 0.2) is 30.3 Å². The zero-order valence-corrected chi connectivity index (χ0v) is 17.2.